The first-order valence-electron chi connectivity index (χ1n) is 10.5. The molecule has 0 saturated carbocycles. The lowest BCUT2D eigenvalue weighted by Gasteiger charge is -2.16. The Morgan fingerprint density at radius 2 is 1.79 bits per heavy atom. The van der Waals surface area contributed by atoms with Crippen molar-refractivity contribution in [3.8, 4) is 22.9 Å². The van der Waals surface area contributed by atoms with Crippen molar-refractivity contribution >= 4 is 28.2 Å². The molecule has 0 aliphatic rings. The first-order chi connectivity index (χ1) is 16.0. The fourth-order valence-electron chi connectivity index (χ4n) is 3.83. The number of nitrogens with two attached hydrogens (primary N) is 1. The first kappa shape index (κ1) is 20.4. The van der Waals surface area contributed by atoms with E-state index in [9.17, 15) is 0 Å². The third kappa shape index (κ3) is 3.94. The Morgan fingerprint density at radius 1 is 0.909 bits per heavy atom. The van der Waals surface area contributed by atoms with Crippen LogP contribution in [0.4, 0.5) is 17.5 Å². The molecule has 0 aliphatic carbocycles. The van der Waals surface area contributed by atoms with Crippen LogP contribution in [0.3, 0.4) is 0 Å². The topological polar surface area (TPSA) is 104 Å². The maximum Gasteiger partial charge on any atom is 0.228 e. The summed E-state index contributed by atoms with van der Waals surface area (Å²) in [6, 6.07) is 15.7. The fourth-order valence-corrected chi connectivity index (χ4v) is 3.83. The molecule has 3 heterocycles. The molecule has 5 rings (SSSR count). The van der Waals surface area contributed by atoms with Crippen molar-refractivity contribution in [1.29, 1.82) is 0 Å². The van der Waals surface area contributed by atoms with Gasteiger partial charge in [-0.25, -0.2) is 15.0 Å². The van der Waals surface area contributed by atoms with Crippen LogP contribution in [-0.4, -0.2) is 24.7 Å². The minimum absolute atomic E-state index is 0.198. The molecule has 3 N–H and O–H groups in total. The van der Waals surface area contributed by atoms with Gasteiger partial charge in [0.25, 0.3) is 0 Å². The number of hydrogen-bond donors (Lipinski definition) is 2. The van der Waals surface area contributed by atoms with Gasteiger partial charge in [-0.05, 0) is 43.7 Å². The molecule has 5 aromatic rings. The summed E-state index contributed by atoms with van der Waals surface area (Å²) in [4.78, 5) is 12.8. The number of benzene rings is 2. The number of ether oxygens (including phenoxy) is 1. The van der Waals surface area contributed by atoms with E-state index in [2.05, 4.69) is 31.4 Å². The fraction of sp³-hybridized carbons (Fsp3) is 0.120. The molecule has 8 heteroatoms. The summed E-state index contributed by atoms with van der Waals surface area (Å²) < 4.78 is 8.22. The average molecular weight is 438 g/mol. The molecule has 0 bridgehead atoms. The van der Waals surface area contributed by atoms with Crippen molar-refractivity contribution in [2.45, 2.75) is 13.8 Å². The molecule has 0 atom stereocenters. The summed E-state index contributed by atoms with van der Waals surface area (Å²) >= 11 is 0. The van der Waals surface area contributed by atoms with Gasteiger partial charge < -0.3 is 15.8 Å². The highest BCUT2D eigenvalue weighted by atomic mass is 16.5. The second kappa shape index (κ2) is 8.23. The number of nitrogens with zero attached hydrogens (tertiary/aromatic N) is 5. The highest BCUT2D eigenvalue weighted by molar-refractivity contribution is 5.99. The molecule has 2 aromatic carbocycles. The number of rotatable bonds is 5. The molecule has 33 heavy (non-hydrogen) atoms. The molecule has 0 radical (unpaired) electrons. The summed E-state index contributed by atoms with van der Waals surface area (Å²) in [5.41, 5.74) is 10.2. The summed E-state index contributed by atoms with van der Waals surface area (Å²) in [7, 11) is 1.91. The van der Waals surface area contributed by atoms with E-state index in [1.165, 1.54) is 0 Å². The predicted molar refractivity (Wildman–Crippen MR) is 130 cm³/mol. The average Bonchev–Trinajstić information content (AvgIpc) is 3.12. The number of hydrogen-bond acceptors (Lipinski definition) is 7. The standard InChI is InChI=1S/C25H23N7O/c1-15-9-10-17-18(6-4-8-20(17)29-23-16(2)14-32(3)31-23)22(15)33-24-19(7-5-12-27-24)21-11-13-28-25(26)30-21/h4-14H,1-3H3,(H,29,31)(H2,26,28,30). The van der Waals surface area contributed by atoms with Crippen LogP contribution in [0.15, 0.2) is 67.1 Å². The van der Waals surface area contributed by atoms with Gasteiger partial charge in [0.1, 0.15) is 5.75 Å². The Balaban J connectivity index is 1.59. The summed E-state index contributed by atoms with van der Waals surface area (Å²) in [6.07, 6.45) is 5.30. The summed E-state index contributed by atoms with van der Waals surface area (Å²) in [5, 5.41) is 9.96. The number of aryl methyl sites for hydroxylation is 3. The molecule has 3 aromatic heterocycles. The van der Waals surface area contributed by atoms with Crippen molar-refractivity contribution in [2.24, 2.45) is 7.05 Å². The smallest absolute Gasteiger partial charge is 0.228 e. The number of pyridine rings is 1. The van der Waals surface area contributed by atoms with E-state index in [-0.39, 0.29) is 5.95 Å². The lowest BCUT2D eigenvalue weighted by atomic mass is 10.0. The van der Waals surface area contributed by atoms with Crippen molar-refractivity contribution in [3.63, 3.8) is 0 Å². The largest absolute Gasteiger partial charge is 0.437 e. The van der Waals surface area contributed by atoms with Gasteiger partial charge >= 0.3 is 0 Å². The molecular formula is C25H23N7O. The van der Waals surface area contributed by atoms with Crippen LogP contribution in [0.5, 0.6) is 11.6 Å². The van der Waals surface area contributed by atoms with Crippen LogP contribution in [0, 0.1) is 13.8 Å². The molecule has 0 aliphatic heterocycles. The Morgan fingerprint density at radius 3 is 2.58 bits per heavy atom. The van der Waals surface area contributed by atoms with E-state index < -0.39 is 0 Å². The molecule has 0 fully saturated rings. The molecule has 0 unspecified atom stereocenters. The molecule has 0 spiro atoms. The third-order valence-electron chi connectivity index (χ3n) is 5.39. The third-order valence-corrected chi connectivity index (χ3v) is 5.39. The molecule has 0 saturated heterocycles. The second-order valence-electron chi connectivity index (χ2n) is 7.83. The number of nitrogens with one attached hydrogen (secondary N) is 1. The highest BCUT2D eigenvalue weighted by Gasteiger charge is 2.16. The highest BCUT2D eigenvalue weighted by Crippen LogP contribution is 2.39. The van der Waals surface area contributed by atoms with Gasteiger partial charge in [-0.3, -0.25) is 4.68 Å². The van der Waals surface area contributed by atoms with E-state index in [1.807, 2.05) is 63.5 Å². The van der Waals surface area contributed by atoms with Crippen molar-refractivity contribution in [3.05, 3.63) is 78.2 Å². The number of fused-ring (bicyclic) bond motifs is 1. The van der Waals surface area contributed by atoms with E-state index >= 15 is 0 Å². The van der Waals surface area contributed by atoms with Crippen LogP contribution >= 0.6 is 0 Å². The zero-order chi connectivity index (χ0) is 22.9. The summed E-state index contributed by atoms with van der Waals surface area (Å²) in [5.74, 6) is 2.20. The van der Waals surface area contributed by atoms with Crippen LogP contribution in [-0.2, 0) is 7.05 Å². The van der Waals surface area contributed by atoms with Crippen molar-refractivity contribution in [2.75, 3.05) is 11.1 Å². The van der Waals surface area contributed by atoms with Crippen molar-refractivity contribution < 1.29 is 4.74 Å². The van der Waals surface area contributed by atoms with Gasteiger partial charge in [-0.2, -0.15) is 5.10 Å². The molecular weight excluding hydrogens is 414 g/mol. The Bertz CT molecular complexity index is 1480. The monoisotopic (exact) mass is 437 g/mol. The Kier molecular flexibility index (Phi) is 5.10. The Hall–Kier alpha value is -4.46. The van der Waals surface area contributed by atoms with Gasteiger partial charge in [0.05, 0.1) is 11.3 Å². The number of aromatic nitrogens is 5. The zero-order valence-electron chi connectivity index (χ0n) is 18.6. The van der Waals surface area contributed by atoms with Crippen molar-refractivity contribution in [1.82, 2.24) is 24.7 Å². The van der Waals surface area contributed by atoms with E-state index in [0.717, 1.165) is 44.7 Å². The Labute approximate surface area is 191 Å². The SMILES string of the molecule is Cc1cn(C)nc1Nc1cccc2c(Oc3ncccc3-c3ccnc(N)n3)c(C)ccc12. The van der Waals surface area contributed by atoms with Gasteiger partial charge in [0.15, 0.2) is 5.82 Å². The van der Waals surface area contributed by atoms with E-state index in [4.69, 9.17) is 10.5 Å². The normalized spacial score (nSPS) is 11.0. The maximum absolute atomic E-state index is 6.42. The van der Waals surface area contributed by atoms with Gasteiger partial charge in [0, 0.05) is 47.7 Å². The lowest BCUT2D eigenvalue weighted by Crippen LogP contribution is -1.99. The minimum atomic E-state index is 0.198. The maximum atomic E-state index is 6.42. The predicted octanol–water partition coefficient (Wildman–Crippen LogP) is 5.16. The van der Waals surface area contributed by atoms with Gasteiger partial charge in [-0.1, -0.05) is 24.3 Å². The van der Waals surface area contributed by atoms with Gasteiger partial charge in [0.2, 0.25) is 11.8 Å². The van der Waals surface area contributed by atoms with Crippen LogP contribution in [0.1, 0.15) is 11.1 Å². The number of nitrogen functional groups attached to an aromatic ring is 1. The van der Waals surface area contributed by atoms with Crippen LogP contribution in [0.25, 0.3) is 22.0 Å². The van der Waals surface area contributed by atoms with Gasteiger partial charge in [-0.15, -0.1) is 0 Å². The second-order valence-corrected chi connectivity index (χ2v) is 7.83. The quantitative estimate of drug-likeness (QED) is 0.391. The molecule has 164 valence electrons. The lowest BCUT2D eigenvalue weighted by molar-refractivity contribution is 0.466. The minimum Gasteiger partial charge on any atom is -0.437 e. The summed E-state index contributed by atoms with van der Waals surface area (Å²) in [6.45, 7) is 4.05. The first-order valence-corrected chi connectivity index (χ1v) is 10.5. The van der Waals surface area contributed by atoms with Crippen LogP contribution in [0.2, 0.25) is 0 Å². The molecule has 8 nitrogen and oxygen atoms in total. The van der Waals surface area contributed by atoms with Crippen LogP contribution < -0.4 is 15.8 Å². The van der Waals surface area contributed by atoms with E-state index in [1.54, 1.807) is 23.1 Å². The van der Waals surface area contributed by atoms with E-state index in [0.29, 0.717) is 11.6 Å². The number of anilines is 3. The zero-order valence-corrected chi connectivity index (χ0v) is 18.6. The molecule has 0 amide bonds.